The van der Waals surface area contributed by atoms with Gasteiger partial charge in [0.25, 0.3) is 0 Å². The van der Waals surface area contributed by atoms with E-state index >= 15 is 0 Å². The van der Waals surface area contributed by atoms with Gasteiger partial charge in [-0.3, -0.25) is 4.79 Å². The van der Waals surface area contributed by atoms with Gasteiger partial charge in [-0.15, -0.1) is 0 Å². The van der Waals surface area contributed by atoms with Gasteiger partial charge in [0, 0.05) is 6.42 Å². The maximum absolute atomic E-state index is 13.2. The van der Waals surface area contributed by atoms with Crippen LogP contribution in [0.25, 0.3) is 0 Å². The molecule has 14 nitrogen and oxygen atoms in total. The summed E-state index contributed by atoms with van der Waals surface area (Å²) in [6.07, 6.45) is 33.9. The molecule has 2 aliphatic heterocycles. The van der Waals surface area contributed by atoms with Crippen LogP contribution in [-0.2, 0) is 23.7 Å². The fourth-order valence-corrected chi connectivity index (χ4v) is 9.05. The second-order valence-electron chi connectivity index (χ2n) is 19.7. The Balaban J connectivity index is 1.80. The lowest BCUT2D eigenvalue weighted by atomic mass is 9.97. The minimum Gasteiger partial charge on any atom is -0.394 e. The van der Waals surface area contributed by atoms with Gasteiger partial charge >= 0.3 is 0 Å². The third-order valence-electron chi connectivity index (χ3n) is 13.6. The first-order chi connectivity index (χ1) is 34.1. The zero-order valence-electron chi connectivity index (χ0n) is 43.5. The third kappa shape index (κ3) is 28.4. The number of allylic oxidation sites excluding steroid dienone is 8. The topological polar surface area (TPSA) is 228 Å². The van der Waals surface area contributed by atoms with Crippen LogP contribution in [0.5, 0.6) is 0 Å². The van der Waals surface area contributed by atoms with Crippen molar-refractivity contribution in [2.24, 2.45) is 0 Å². The van der Waals surface area contributed by atoms with Crippen LogP contribution >= 0.6 is 0 Å². The number of aliphatic hydroxyl groups is 8. The number of ether oxygens (including phenoxy) is 4. The van der Waals surface area contributed by atoms with Gasteiger partial charge in [0.1, 0.15) is 48.8 Å². The molecule has 2 fully saturated rings. The fourth-order valence-electron chi connectivity index (χ4n) is 9.05. The van der Waals surface area contributed by atoms with Crippen LogP contribution in [0.3, 0.4) is 0 Å². The summed E-state index contributed by atoms with van der Waals surface area (Å²) in [5.41, 5.74) is 0. The van der Waals surface area contributed by atoms with Gasteiger partial charge in [-0.05, 0) is 51.4 Å². The summed E-state index contributed by atoms with van der Waals surface area (Å²) < 4.78 is 22.8. The lowest BCUT2D eigenvalue weighted by molar-refractivity contribution is -0.359. The Morgan fingerprint density at radius 2 is 0.986 bits per heavy atom. The lowest BCUT2D eigenvalue weighted by Crippen LogP contribution is -2.65. The molecule has 12 unspecified atom stereocenters. The first kappa shape index (κ1) is 64.1. The summed E-state index contributed by atoms with van der Waals surface area (Å²) in [6.45, 7) is 2.73. The largest absolute Gasteiger partial charge is 0.394 e. The van der Waals surface area contributed by atoms with Crippen molar-refractivity contribution in [2.75, 3.05) is 19.8 Å². The number of carbonyl (C=O) groups excluding carboxylic acids is 1. The van der Waals surface area contributed by atoms with Crippen LogP contribution in [0, 0.1) is 0 Å². The zero-order chi connectivity index (χ0) is 51.0. The molecule has 0 radical (unpaired) electrons. The first-order valence-electron chi connectivity index (χ1n) is 27.9. The molecule has 70 heavy (non-hydrogen) atoms. The van der Waals surface area contributed by atoms with E-state index < -0.39 is 86.8 Å². The zero-order valence-corrected chi connectivity index (χ0v) is 43.5. The van der Waals surface area contributed by atoms with Crippen molar-refractivity contribution in [2.45, 2.75) is 280 Å². The number of unbranched alkanes of at least 4 members (excludes halogenated alkanes) is 22. The molecular formula is C56H101NO13. The Hall–Kier alpha value is -2.05. The second-order valence-corrected chi connectivity index (χ2v) is 19.7. The summed E-state index contributed by atoms with van der Waals surface area (Å²) in [6, 6.07) is -0.843. The van der Waals surface area contributed by atoms with Crippen molar-refractivity contribution in [3.05, 3.63) is 48.6 Å². The van der Waals surface area contributed by atoms with E-state index in [0.29, 0.717) is 12.8 Å². The average molecular weight is 996 g/mol. The Morgan fingerprint density at radius 1 is 0.529 bits per heavy atom. The van der Waals surface area contributed by atoms with E-state index in [1.54, 1.807) is 0 Å². The molecule has 0 aromatic heterocycles. The number of aliphatic hydroxyl groups excluding tert-OH is 8. The highest BCUT2D eigenvalue weighted by Crippen LogP contribution is 2.30. The number of amides is 1. The molecule has 0 aliphatic carbocycles. The van der Waals surface area contributed by atoms with E-state index in [-0.39, 0.29) is 18.9 Å². The standard InChI is InChI=1S/C56H101NO13/c1-3-5-7-9-11-13-15-17-19-21-22-24-25-27-29-31-33-35-37-39-45(60)44(57-48(61)40-38-36-34-32-30-28-26-23-20-18-16-14-12-10-8-6-4-2)43-67-55-53(66)51(64)54(47(42-59)69-55)70-56-52(65)50(63)49(62)46(41-58)68-56/h6,8,12,14,18,20,26,28,44-47,49-56,58-60,62-66H,3-5,7,9-11,13,15-17,19,21-25,27,29-43H2,1-2H3,(H,57,61)/b8-6-,14-12-,20-18-,28-26-. The predicted molar refractivity (Wildman–Crippen MR) is 277 cm³/mol. The Labute approximate surface area is 423 Å². The number of nitrogens with one attached hydrogen (secondary N) is 1. The van der Waals surface area contributed by atoms with Crippen LogP contribution in [0.4, 0.5) is 0 Å². The van der Waals surface area contributed by atoms with Crippen molar-refractivity contribution in [3.8, 4) is 0 Å². The van der Waals surface area contributed by atoms with Crippen molar-refractivity contribution in [3.63, 3.8) is 0 Å². The van der Waals surface area contributed by atoms with Crippen LogP contribution in [0.15, 0.2) is 48.6 Å². The van der Waals surface area contributed by atoms with Crippen molar-refractivity contribution in [1.82, 2.24) is 5.32 Å². The van der Waals surface area contributed by atoms with E-state index in [0.717, 1.165) is 77.0 Å². The highest BCUT2D eigenvalue weighted by atomic mass is 16.7. The Bertz CT molecular complexity index is 1360. The van der Waals surface area contributed by atoms with Crippen LogP contribution in [-0.4, -0.2) is 140 Å². The van der Waals surface area contributed by atoms with E-state index in [2.05, 4.69) is 67.8 Å². The minimum absolute atomic E-state index is 0.230. The number of rotatable bonds is 43. The van der Waals surface area contributed by atoms with Gasteiger partial charge in [0.15, 0.2) is 12.6 Å². The summed E-state index contributed by atoms with van der Waals surface area (Å²) in [5, 5.41) is 87.1. The summed E-state index contributed by atoms with van der Waals surface area (Å²) in [5.74, 6) is -0.230. The maximum atomic E-state index is 13.2. The van der Waals surface area contributed by atoms with Crippen molar-refractivity contribution in [1.29, 1.82) is 0 Å². The van der Waals surface area contributed by atoms with Gasteiger partial charge in [-0.25, -0.2) is 0 Å². The fraction of sp³-hybridized carbons (Fsp3) is 0.839. The highest BCUT2D eigenvalue weighted by molar-refractivity contribution is 5.76. The Kier molecular flexibility index (Phi) is 38.7. The number of hydrogen-bond donors (Lipinski definition) is 9. The molecule has 2 aliphatic rings. The minimum atomic E-state index is -1.79. The van der Waals surface area contributed by atoms with Gasteiger partial charge < -0.3 is 65.1 Å². The smallest absolute Gasteiger partial charge is 0.220 e. The molecule has 14 heteroatoms. The van der Waals surface area contributed by atoms with Crippen LogP contribution < -0.4 is 5.32 Å². The molecule has 9 N–H and O–H groups in total. The molecular weight excluding hydrogens is 895 g/mol. The normalized spacial score (nSPS) is 26.3. The van der Waals surface area contributed by atoms with E-state index in [9.17, 15) is 45.6 Å². The van der Waals surface area contributed by atoms with Crippen molar-refractivity contribution >= 4 is 5.91 Å². The maximum Gasteiger partial charge on any atom is 0.220 e. The predicted octanol–water partition coefficient (Wildman–Crippen LogP) is 8.44. The van der Waals surface area contributed by atoms with Gasteiger partial charge in [0.05, 0.1) is 32.0 Å². The molecule has 2 heterocycles. The lowest BCUT2D eigenvalue weighted by Gasteiger charge is -2.46. The first-order valence-corrected chi connectivity index (χ1v) is 27.9. The van der Waals surface area contributed by atoms with Gasteiger partial charge in [0.2, 0.25) is 5.91 Å². The molecule has 2 rings (SSSR count). The van der Waals surface area contributed by atoms with E-state index in [1.807, 2.05) is 0 Å². The highest BCUT2D eigenvalue weighted by Gasteiger charge is 2.51. The molecule has 0 aromatic rings. The van der Waals surface area contributed by atoms with Crippen LogP contribution in [0.2, 0.25) is 0 Å². The van der Waals surface area contributed by atoms with Crippen molar-refractivity contribution < 1.29 is 64.6 Å². The van der Waals surface area contributed by atoms with E-state index in [1.165, 1.54) is 96.3 Å². The van der Waals surface area contributed by atoms with Gasteiger partial charge in [-0.2, -0.15) is 0 Å². The van der Waals surface area contributed by atoms with Crippen LogP contribution in [0.1, 0.15) is 206 Å². The SMILES string of the molecule is CC/C=C\C/C=C\C/C=C\C/C=C\CCCCCCC(=O)NC(COC1OC(CO)C(OC2OC(CO)C(O)C(O)C2O)C(O)C1O)C(O)CCCCCCCCCCCCCCCCCCCCC. The second kappa shape index (κ2) is 42.3. The molecule has 0 saturated carbocycles. The average Bonchev–Trinajstić information content (AvgIpc) is 3.36. The summed E-state index contributed by atoms with van der Waals surface area (Å²) in [4.78, 5) is 13.2. The summed E-state index contributed by atoms with van der Waals surface area (Å²) in [7, 11) is 0. The molecule has 0 bridgehead atoms. The molecule has 1 amide bonds. The van der Waals surface area contributed by atoms with Gasteiger partial charge in [-0.1, -0.05) is 197 Å². The quantitative estimate of drug-likeness (QED) is 0.0207. The monoisotopic (exact) mass is 996 g/mol. The molecule has 0 aromatic carbocycles. The number of hydrogen-bond acceptors (Lipinski definition) is 13. The third-order valence-corrected chi connectivity index (χ3v) is 13.6. The molecule has 408 valence electrons. The Morgan fingerprint density at radius 3 is 1.51 bits per heavy atom. The molecule has 2 saturated heterocycles. The molecule has 0 spiro atoms. The van der Waals surface area contributed by atoms with E-state index in [4.69, 9.17) is 18.9 Å². The summed E-state index contributed by atoms with van der Waals surface area (Å²) >= 11 is 0. The molecule has 12 atom stereocenters. The number of carbonyl (C=O) groups is 1.